The minimum atomic E-state index is -1.24. The van der Waals surface area contributed by atoms with E-state index in [0.29, 0.717) is 18.9 Å². The summed E-state index contributed by atoms with van der Waals surface area (Å²) >= 11 is 0. The number of aryl methyl sites for hydroxylation is 1. The van der Waals surface area contributed by atoms with Gasteiger partial charge in [-0.3, -0.25) is 0 Å². The van der Waals surface area contributed by atoms with E-state index in [1.807, 2.05) is 49.4 Å². The van der Waals surface area contributed by atoms with Crippen molar-refractivity contribution in [3.8, 4) is 11.5 Å². The maximum atomic E-state index is 10.8. The van der Waals surface area contributed by atoms with Crippen LogP contribution in [-0.2, 0) is 16.0 Å². The van der Waals surface area contributed by atoms with Crippen LogP contribution in [0.15, 0.2) is 46.9 Å². The number of carboxylic acids is 1. The molecular formula is C20H24KNO4. The topological polar surface area (TPSA) is 75.4 Å². The van der Waals surface area contributed by atoms with Gasteiger partial charge in [0.05, 0.1) is 11.7 Å². The van der Waals surface area contributed by atoms with Crippen molar-refractivity contribution >= 4 is 5.97 Å². The molecule has 0 amide bonds. The summed E-state index contributed by atoms with van der Waals surface area (Å²) in [5, 5.41) is 10.8. The second-order valence-corrected chi connectivity index (χ2v) is 6.35. The number of carbonyl (C=O) groups is 1. The predicted octanol–water partition coefficient (Wildman–Crippen LogP) is 0.0780. The molecule has 0 saturated heterocycles. The summed E-state index contributed by atoms with van der Waals surface area (Å²) in [5.74, 6) is 0.265. The number of hydrogen-bond acceptors (Lipinski definition) is 5. The van der Waals surface area contributed by atoms with Crippen LogP contribution < -0.4 is 56.5 Å². The molecule has 0 aliphatic heterocycles. The van der Waals surface area contributed by atoms with Crippen molar-refractivity contribution in [3.63, 3.8) is 0 Å². The molecule has 6 heteroatoms. The summed E-state index contributed by atoms with van der Waals surface area (Å²) in [6.45, 7) is 5.29. The minimum absolute atomic E-state index is 0. The molecule has 1 heterocycles. The van der Waals surface area contributed by atoms with Crippen molar-refractivity contribution in [1.82, 2.24) is 4.98 Å². The van der Waals surface area contributed by atoms with Crippen molar-refractivity contribution < 1.29 is 70.4 Å². The largest absolute Gasteiger partial charge is 1.00 e. The Labute approximate surface area is 197 Å². The number of unbranched alkanes of at least 4 members (excludes halogenated alkanes) is 1. The van der Waals surface area contributed by atoms with E-state index in [4.69, 9.17) is 9.15 Å². The van der Waals surface area contributed by atoms with Crippen LogP contribution in [0, 0.1) is 6.92 Å². The number of rotatable bonds is 9. The van der Waals surface area contributed by atoms with Crippen LogP contribution in [0.2, 0.25) is 0 Å². The summed E-state index contributed by atoms with van der Waals surface area (Å²) in [6, 6.07) is 9.81. The molecule has 5 nitrogen and oxygen atoms in total. The van der Waals surface area contributed by atoms with Crippen LogP contribution >= 0.6 is 0 Å². The summed E-state index contributed by atoms with van der Waals surface area (Å²) in [4.78, 5) is 15.4. The Balaban J connectivity index is 0.00000338. The number of carboxylic acid groups (broad SMARTS) is 1. The molecule has 0 aliphatic rings. The molecule has 0 unspecified atom stereocenters. The molecule has 2 rings (SSSR count). The standard InChI is InChI=1S/C20H25NO4.K/c1-15-17(21-18(25-15)16-11-7-6-8-12-16)13-9-4-5-10-14-24-20(2,3)19(22)23;/h4,6-9,11-12H,5,10,13-14H2,1-3H3,(H,22,23);/q;+1/p-1/b9-4+;. The van der Waals surface area contributed by atoms with Crippen molar-refractivity contribution in [2.75, 3.05) is 6.61 Å². The quantitative estimate of drug-likeness (QED) is 0.349. The van der Waals surface area contributed by atoms with E-state index in [1.165, 1.54) is 13.8 Å². The Morgan fingerprint density at radius 3 is 2.62 bits per heavy atom. The maximum absolute atomic E-state index is 10.8. The molecular weight excluding hydrogens is 357 g/mol. The first-order valence-electron chi connectivity index (χ1n) is 8.42. The maximum Gasteiger partial charge on any atom is 1.00 e. The summed E-state index contributed by atoms with van der Waals surface area (Å²) in [6.07, 6.45) is 6.36. The van der Waals surface area contributed by atoms with Gasteiger partial charge < -0.3 is 19.1 Å². The number of ether oxygens (including phenoxy) is 1. The van der Waals surface area contributed by atoms with Crippen molar-refractivity contribution in [1.29, 1.82) is 0 Å². The van der Waals surface area contributed by atoms with Crippen molar-refractivity contribution in [3.05, 3.63) is 53.9 Å². The zero-order valence-corrected chi connectivity index (χ0v) is 19.1. The number of oxazole rings is 1. The van der Waals surface area contributed by atoms with Crippen LogP contribution in [0.5, 0.6) is 0 Å². The second-order valence-electron chi connectivity index (χ2n) is 6.35. The minimum Gasteiger partial charge on any atom is -0.547 e. The Morgan fingerprint density at radius 1 is 1.27 bits per heavy atom. The Hall–Kier alpha value is -0.764. The molecule has 0 saturated carbocycles. The molecule has 0 N–H and O–H groups in total. The number of aliphatic carboxylic acids is 1. The van der Waals surface area contributed by atoms with Crippen LogP contribution in [0.1, 0.15) is 38.1 Å². The fourth-order valence-electron chi connectivity index (χ4n) is 2.22. The third-order valence-electron chi connectivity index (χ3n) is 3.86. The van der Waals surface area contributed by atoms with Crippen LogP contribution in [0.3, 0.4) is 0 Å². The molecule has 2 aromatic rings. The normalized spacial score (nSPS) is 11.5. The van der Waals surface area contributed by atoms with Gasteiger partial charge in [0.1, 0.15) is 11.4 Å². The number of aromatic nitrogens is 1. The first-order valence-corrected chi connectivity index (χ1v) is 8.42. The number of nitrogens with zero attached hydrogens (tertiary/aromatic N) is 1. The van der Waals surface area contributed by atoms with E-state index < -0.39 is 11.6 Å². The van der Waals surface area contributed by atoms with Crippen LogP contribution in [-0.4, -0.2) is 23.2 Å². The SMILES string of the molecule is Cc1oc(-c2ccccc2)nc1C/C=C/CCCOC(C)(C)C(=O)[O-].[K+]. The van der Waals surface area contributed by atoms with Gasteiger partial charge in [0.15, 0.2) is 0 Å². The van der Waals surface area contributed by atoms with Gasteiger partial charge in [0.2, 0.25) is 5.89 Å². The molecule has 26 heavy (non-hydrogen) atoms. The number of carbonyl (C=O) groups excluding carboxylic acids is 1. The molecule has 0 atom stereocenters. The van der Waals surface area contributed by atoms with E-state index >= 15 is 0 Å². The average molecular weight is 382 g/mol. The second kappa shape index (κ2) is 11.2. The number of allylic oxidation sites excluding steroid dienone is 2. The molecule has 0 fully saturated rings. The fourth-order valence-corrected chi connectivity index (χ4v) is 2.22. The molecule has 0 radical (unpaired) electrons. The van der Waals surface area contributed by atoms with Gasteiger partial charge in [-0.1, -0.05) is 30.4 Å². The smallest absolute Gasteiger partial charge is 0.547 e. The van der Waals surface area contributed by atoms with Gasteiger partial charge in [-0.15, -0.1) is 0 Å². The van der Waals surface area contributed by atoms with Gasteiger partial charge in [-0.2, -0.15) is 0 Å². The average Bonchev–Trinajstić information content (AvgIpc) is 2.95. The van der Waals surface area contributed by atoms with E-state index in [0.717, 1.165) is 29.9 Å². The first kappa shape index (κ1) is 23.3. The molecule has 134 valence electrons. The molecule has 1 aromatic carbocycles. The predicted molar refractivity (Wildman–Crippen MR) is 93.8 cm³/mol. The van der Waals surface area contributed by atoms with Crippen molar-refractivity contribution in [2.24, 2.45) is 0 Å². The Bertz CT molecular complexity index is 723. The van der Waals surface area contributed by atoms with Gasteiger partial charge in [0, 0.05) is 18.6 Å². The van der Waals surface area contributed by atoms with E-state index in [-0.39, 0.29) is 51.4 Å². The van der Waals surface area contributed by atoms with Gasteiger partial charge >= 0.3 is 51.4 Å². The number of hydrogen-bond donors (Lipinski definition) is 0. The number of benzene rings is 1. The van der Waals surface area contributed by atoms with Gasteiger partial charge in [0.25, 0.3) is 0 Å². The zero-order valence-electron chi connectivity index (χ0n) is 16.0. The Kier molecular flexibility index (Phi) is 9.99. The molecule has 0 bridgehead atoms. The van der Waals surface area contributed by atoms with E-state index in [2.05, 4.69) is 4.98 Å². The van der Waals surface area contributed by atoms with Gasteiger partial charge in [-0.25, -0.2) is 4.98 Å². The zero-order chi connectivity index (χ0) is 18.3. The molecule has 1 aromatic heterocycles. The van der Waals surface area contributed by atoms with Gasteiger partial charge in [-0.05, 0) is 45.7 Å². The van der Waals surface area contributed by atoms with E-state index in [1.54, 1.807) is 0 Å². The summed E-state index contributed by atoms with van der Waals surface area (Å²) in [5.41, 5.74) is 0.646. The Morgan fingerprint density at radius 2 is 1.96 bits per heavy atom. The monoisotopic (exact) mass is 381 g/mol. The van der Waals surface area contributed by atoms with Crippen LogP contribution in [0.4, 0.5) is 0 Å². The molecule has 0 spiro atoms. The van der Waals surface area contributed by atoms with E-state index in [9.17, 15) is 9.90 Å². The van der Waals surface area contributed by atoms with Crippen LogP contribution in [0.25, 0.3) is 11.5 Å². The first-order chi connectivity index (χ1) is 11.9. The van der Waals surface area contributed by atoms with Crippen molar-refractivity contribution in [2.45, 2.75) is 45.6 Å². The molecule has 0 aliphatic carbocycles. The summed E-state index contributed by atoms with van der Waals surface area (Å²) in [7, 11) is 0. The third-order valence-corrected chi connectivity index (χ3v) is 3.86. The summed E-state index contributed by atoms with van der Waals surface area (Å²) < 4.78 is 11.0. The third kappa shape index (κ3) is 7.10. The fraction of sp³-hybridized carbons (Fsp3) is 0.400.